The summed E-state index contributed by atoms with van der Waals surface area (Å²) in [5.41, 5.74) is 3.73. The summed E-state index contributed by atoms with van der Waals surface area (Å²) in [6.07, 6.45) is 3.97. The van der Waals surface area contributed by atoms with Crippen molar-refractivity contribution in [2.75, 3.05) is 26.1 Å². The van der Waals surface area contributed by atoms with E-state index in [0.717, 1.165) is 12.1 Å². The molecule has 0 fully saturated rings. The summed E-state index contributed by atoms with van der Waals surface area (Å²) in [4.78, 5) is 23.2. The minimum absolute atomic E-state index is 0.0582. The number of amides is 1. The molecule has 4 rings (SSSR count). The van der Waals surface area contributed by atoms with Gasteiger partial charge in [0.2, 0.25) is 5.95 Å². The van der Waals surface area contributed by atoms with Crippen molar-refractivity contribution >= 4 is 17.5 Å². The molecule has 1 amide bonds. The van der Waals surface area contributed by atoms with E-state index in [4.69, 9.17) is 9.47 Å². The van der Waals surface area contributed by atoms with Gasteiger partial charge in [-0.05, 0) is 29.7 Å². The lowest BCUT2D eigenvalue weighted by molar-refractivity contribution is 0.0734. The number of nitrogens with zero attached hydrogens (tertiary/aromatic N) is 3. The van der Waals surface area contributed by atoms with Crippen LogP contribution < -0.4 is 14.8 Å². The van der Waals surface area contributed by atoms with E-state index in [9.17, 15) is 4.79 Å². The Morgan fingerprint density at radius 3 is 2.45 bits per heavy atom. The van der Waals surface area contributed by atoms with Crippen molar-refractivity contribution in [3.05, 3.63) is 71.5 Å². The fourth-order valence-electron chi connectivity index (χ4n) is 3.40. The van der Waals surface area contributed by atoms with Crippen LogP contribution in [0.15, 0.2) is 54.9 Å². The van der Waals surface area contributed by atoms with Crippen molar-refractivity contribution < 1.29 is 14.3 Å². The summed E-state index contributed by atoms with van der Waals surface area (Å²) in [6, 6.07) is 13.7. The van der Waals surface area contributed by atoms with Gasteiger partial charge in [-0.15, -0.1) is 0 Å². The molecule has 7 heteroatoms. The van der Waals surface area contributed by atoms with Crippen LogP contribution in [0.5, 0.6) is 11.5 Å². The molecule has 1 N–H and O–H groups in total. The van der Waals surface area contributed by atoms with Gasteiger partial charge < -0.3 is 19.7 Å². The molecule has 0 aliphatic carbocycles. The molecule has 1 aromatic heterocycles. The molecule has 148 valence electrons. The molecule has 0 saturated carbocycles. The second-order valence-electron chi connectivity index (χ2n) is 6.74. The first kappa shape index (κ1) is 18.7. The first-order valence-electron chi connectivity index (χ1n) is 9.35. The number of rotatable bonds is 5. The van der Waals surface area contributed by atoms with Gasteiger partial charge in [0.25, 0.3) is 5.91 Å². The number of hydrogen-bond acceptors (Lipinski definition) is 6. The third-order valence-electron chi connectivity index (χ3n) is 4.96. The van der Waals surface area contributed by atoms with Crippen LogP contribution in [0.1, 0.15) is 21.5 Å². The SMILES string of the molecule is COc1ccc(Nc2ncc(C(=O)N3CCc4ccccc4C3)cn2)cc1OC. The Labute approximate surface area is 169 Å². The van der Waals surface area contributed by atoms with Gasteiger partial charge in [-0.3, -0.25) is 4.79 Å². The van der Waals surface area contributed by atoms with E-state index < -0.39 is 0 Å². The molecular weight excluding hydrogens is 368 g/mol. The van der Waals surface area contributed by atoms with Gasteiger partial charge in [0.15, 0.2) is 11.5 Å². The van der Waals surface area contributed by atoms with Gasteiger partial charge >= 0.3 is 0 Å². The number of fused-ring (bicyclic) bond motifs is 1. The van der Waals surface area contributed by atoms with Crippen LogP contribution in [-0.2, 0) is 13.0 Å². The second-order valence-corrected chi connectivity index (χ2v) is 6.74. The van der Waals surface area contributed by atoms with Gasteiger partial charge in [0.05, 0.1) is 19.8 Å². The molecule has 0 bridgehead atoms. The number of carbonyl (C=O) groups is 1. The number of nitrogens with one attached hydrogen (secondary N) is 1. The van der Waals surface area contributed by atoms with Crippen LogP contribution in [0.2, 0.25) is 0 Å². The zero-order chi connectivity index (χ0) is 20.2. The molecular formula is C22H22N4O3. The summed E-state index contributed by atoms with van der Waals surface area (Å²) in [5, 5.41) is 3.11. The van der Waals surface area contributed by atoms with E-state index in [1.54, 1.807) is 38.7 Å². The van der Waals surface area contributed by atoms with E-state index in [1.807, 2.05) is 23.1 Å². The second kappa shape index (κ2) is 8.18. The van der Waals surface area contributed by atoms with Crippen LogP contribution in [0.3, 0.4) is 0 Å². The van der Waals surface area contributed by atoms with Crippen LogP contribution in [0.4, 0.5) is 11.6 Å². The Bertz CT molecular complexity index is 1020. The summed E-state index contributed by atoms with van der Waals surface area (Å²) < 4.78 is 10.5. The normalized spacial score (nSPS) is 12.8. The molecule has 2 heterocycles. The number of carbonyl (C=O) groups excluding carboxylic acids is 1. The van der Waals surface area contributed by atoms with Crippen molar-refractivity contribution in [3.63, 3.8) is 0 Å². The van der Waals surface area contributed by atoms with E-state index >= 15 is 0 Å². The van der Waals surface area contributed by atoms with E-state index in [0.29, 0.717) is 36.1 Å². The van der Waals surface area contributed by atoms with Crippen LogP contribution in [0.25, 0.3) is 0 Å². The summed E-state index contributed by atoms with van der Waals surface area (Å²) in [5.74, 6) is 1.59. The Hall–Kier alpha value is -3.61. The predicted molar refractivity (Wildman–Crippen MR) is 110 cm³/mol. The van der Waals surface area contributed by atoms with Crippen molar-refractivity contribution in [2.45, 2.75) is 13.0 Å². The highest BCUT2D eigenvalue weighted by atomic mass is 16.5. The maximum Gasteiger partial charge on any atom is 0.257 e. The maximum atomic E-state index is 12.8. The minimum atomic E-state index is -0.0582. The molecule has 0 atom stereocenters. The highest BCUT2D eigenvalue weighted by Crippen LogP contribution is 2.30. The largest absolute Gasteiger partial charge is 0.493 e. The van der Waals surface area contributed by atoms with Crippen LogP contribution >= 0.6 is 0 Å². The molecule has 0 saturated heterocycles. The molecule has 1 aliphatic rings. The quantitative estimate of drug-likeness (QED) is 0.719. The molecule has 0 radical (unpaired) electrons. The lowest BCUT2D eigenvalue weighted by Gasteiger charge is -2.28. The number of aromatic nitrogens is 2. The Morgan fingerprint density at radius 1 is 1.00 bits per heavy atom. The van der Waals surface area contributed by atoms with Gasteiger partial charge in [-0.2, -0.15) is 0 Å². The Kier molecular flexibility index (Phi) is 5.29. The number of benzene rings is 2. The zero-order valence-electron chi connectivity index (χ0n) is 16.4. The number of anilines is 2. The van der Waals surface area contributed by atoms with Crippen molar-refractivity contribution in [2.24, 2.45) is 0 Å². The van der Waals surface area contributed by atoms with Gasteiger partial charge in [-0.25, -0.2) is 9.97 Å². The topological polar surface area (TPSA) is 76.6 Å². The fraction of sp³-hybridized carbons (Fsp3) is 0.227. The average molecular weight is 390 g/mol. The van der Waals surface area contributed by atoms with Gasteiger partial charge in [0.1, 0.15) is 0 Å². The summed E-state index contributed by atoms with van der Waals surface area (Å²) in [7, 11) is 3.17. The number of hydrogen-bond donors (Lipinski definition) is 1. The Morgan fingerprint density at radius 2 is 1.72 bits per heavy atom. The van der Waals surface area contributed by atoms with E-state index in [2.05, 4.69) is 27.4 Å². The molecule has 7 nitrogen and oxygen atoms in total. The Balaban J connectivity index is 1.45. The third kappa shape index (κ3) is 3.99. The van der Waals surface area contributed by atoms with E-state index in [-0.39, 0.29) is 5.91 Å². The average Bonchev–Trinajstić information content (AvgIpc) is 2.78. The molecule has 1 aliphatic heterocycles. The van der Waals surface area contributed by atoms with Gasteiger partial charge in [0, 0.05) is 37.2 Å². The standard InChI is InChI=1S/C22H22N4O3/c1-28-19-8-7-18(11-20(19)29-2)25-22-23-12-17(13-24-22)21(27)26-10-9-15-5-3-4-6-16(15)14-26/h3-8,11-13H,9-10,14H2,1-2H3,(H,23,24,25). The van der Waals surface area contributed by atoms with Crippen LogP contribution in [-0.4, -0.2) is 41.5 Å². The lowest BCUT2D eigenvalue weighted by atomic mass is 9.99. The van der Waals surface area contributed by atoms with Crippen LogP contribution in [0, 0.1) is 0 Å². The summed E-state index contributed by atoms with van der Waals surface area (Å²) >= 11 is 0. The monoisotopic (exact) mass is 390 g/mol. The minimum Gasteiger partial charge on any atom is -0.493 e. The van der Waals surface area contributed by atoms with E-state index in [1.165, 1.54) is 11.1 Å². The van der Waals surface area contributed by atoms with Crippen molar-refractivity contribution in [1.82, 2.24) is 14.9 Å². The number of methoxy groups -OCH3 is 2. The highest BCUT2D eigenvalue weighted by molar-refractivity contribution is 5.93. The predicted octanol–water partition coefficient (Wildman–Crippen LogP) is 3.44. The first-order valence-corrected chi connectivity index (χ1v) is 9.35. The molecule has 0 spiro atoms. The van der Waals surface area contributed by atoms with Gasteiger partial charge in [-0.1, -0.05) is 24.3 Å². The lowest BCUT2D eigenvalue weighted by Crippen LogP contribution is -2.36. The molecule has 0 unspecified atom stereocenters. The summed E-state index contributed by atoms with van der Waals surface area (Å²) in [6.45, 7) is 1.31. The fourth-order valence-corrected chi connectivity index (χ4v) is 3.40. The third-order valence-corrected chi connectivity index (χ3v) is 4.96. The highest BCUT2D eigenvalue weighted by Gasteiger charge is 2.22. The first-order chi connectivity index (χ1) is 14.2. The molecule has 29 heavy (non-hydrogen) atoms. The van der Waals surface area contributed by atoms with Crippen molar-refractivity contribution in [3.8, 4) is 11.5 Å². The maximum absolute atomic E-state index is 12.8. The smallest absolute Gasteiger partial charge is 0.257 e. The number of ether oxygens (including phenoxy) is 2. The zero-order valence-corrected chi connectivity index (χ0v) is 16.4. The molecule has 3 aromatic rings. The van der Waals surface area contributed by atoms with Crippen molar-refractivity contribution in [1.29, 1.82) is 0 Å². The molecule has 2 aromatic carbocycles.